The Hall–Kier alpha value is -0.410. The van der Waals surface area contributed by atoms with Crippen LogP contribution in [-0.4, -0.2) is 4.98 Å². The van der Waals surface area contributed by atoms with Gasteiger partial charge in [0.25, 0.3) is 0 Å². The lowest BCUT2D eigenvalue weighted by Gasteiger charge is -2.02. The zero-order valence-corrected chi connectivity index (χ0v) is 11.0. The molecule has 0 saturated carbocycles. The maximum absolute atomic E-state index is 5.74. The van der Waals surface area contributed by atoms with Gasteiger partial charge in [0.15, 0.2) is 0 Å². The van der Waals surface area contributed by atoms with Gasteiger partial charge in [0.1, 0.15) is 0 Å². The number of aromatic nitrogens is 1. The van der Waals surface area contributed by atoms with E-state index in [1.54, 1.807) is 11.3 Å². The second kappa shape index (κ2) is 5.61. The molecule has 3 heteroatoms. The maximum atomic E-state index is 5.74. The highest BCUT2D eigenvalue weighted by Crippen LogP contribution is 2.22. The van der Waals surface area contributed by atoms with Crippen LogP contribution < -0.4 is 5.73 Å². The van der Waals surface area contributed by atoms with Crippen molar-refractivity contribution < 1.29 is 0 Å². The second-order valence-corrected chi connectivity index (χ2v) is 6.05. The van der Waals surface area contributed by atoms with Crippen molar-refractivity contribution in [2.45, 2.75) is 47.1 Å². The topological polar surface area (TPSA) is 38.9 Å². The van der Waals surface area contributed by atoms with Gasteiger partial charge in [-0.3, -0.25) is 0 Å². The van der Waals surface area contributed by atoms with Crippen molar-refractivity contribution in [2.24, 2.45) is 17.6 Å². The van der Waals surface area contributed by atoms with E-state index in [0.717, 1.165) is 12.8 Å². The largest absolute Gasteiger partial charge is 0.326 e. The Morgan fingerprint density at radius 1 is 1.13 bits per heavy atom. The minimum Gasteiger partial charge on any atom is -0.326 e. The molecule has 1 heterocycles. The summed E-state index contributed by atoms with van der Waals surface area (Å²) >= 11 is 1.79. The van der Waals surface area contributed by atoms with Crippen LogP contribution in [0.25, 0.3) is 0 Å². The van der Waals surface area contributed by atoms with Crippen molar-refractivity contribution in [1.82, 2.24) is 4.98 Å². The van der Waals surface area contributed by atoms with Crippen LogP contribution in [0.15, 0.2) is 0 Å². The molecule has 0 fully saturated rings. The average molecular weight is 226 g/mol. The molecule has 2 nitrogen and oxygen atoms in total. The molecule has 0 amide bonds. The van der Waals surface area contributed by atoms with Crippen LogP contribution in [0.2, 0.25) is 0 Å². The van der Waals surface area contributed by atoms with Gasteiger partial charge in [-0.05, 0) is 18.3 Å². The van der Waals surface area contributed by atoms with Crippen molar-refractivity contribution in [2.75, 3.05) is 0 Å². The molecule has 0 radical (unpaired) electrons. The summed E-state index contributed by atoms with van der Waals surface area (Å²) in [6, 6.07) is 0. The predicted octanol–water partition coefficient (Wildman–Crippen LogP) is 3.00. The number of hydrogen-bond acceptors (Lipinski definition) is 3. The van der Waals surface area contributed by atoms with Crippen molar-refractivity contribution in [3.05, 3.63) is 15.6 Å². The van der Waals surface area contributed by atoms with Crippen LogP contribution in [-0.2, 0) is 19.4 Å². The first kappa shape index (κ1) is 12.7. The Morgan fingerprint density at radius 3 is 2.20 bits per heavy atom. The van der Waals surface area contributed by atoms with Crippen LogP contribution in [0.1, 0.15) is 43.3 Å². The predicted molar refractivity (Wildman–Crippen MR) is 67.1 cm³/mol. The molecule has 15 heavy (non-hydrogen) atoms. The zero-order chi connectivity index (χ0) is 11.4. The lowest BCUT2D eigenvalue weighted by Crippen LogP contribution is -2.02. The normalized spacial score (nSPS) is 11.7. The minimum atomic E-state index is 0.637. The van der Waals surface area contributed by atoms with E-state index in [2.05, 4.69) is 27.7 Å². The lowest BCUT2D eigenvalue weighted by molar-refractivity contribution is 0.620. The van der Waals surface area contributed by atoms with E-state index in [0.29, 0.717) is 18.4 Å². The first-order chi connectivity index (χ1) is 7.02. The molecule has 0 unspecified atom stereocenters. The van der Waals surface area contributed by atoms with Gasteiger partial charge in [-0.1, -0.05) is 27.7 Å². The van der Waals surface area contributed by atoms with Gasteiger partial charge in [0.2, 0.25) is 0 Å². The van der Waals surface area contributed by atoms with Gasteiger partial charge in [-0.25, -0.2) is 4.98 Å². The fraction of sp³-hybridized carbons (Fsp3) is 0.750. The Labute approximate surface area is 96.9 Å². The average Bonchev–Trinajstić information content (AvgIpc) is 2.45. The van der Waals surface area contributed by atoms with Gasteiger partial charge in [0.05, 0.1) is 10.7 Å². The molecule has 0 spiro atoms. The Balaban J connectivity index is 2.80. The molecule has 0 aliphatic heterocycles. The summed E-state index contributed by atoms with van der Waals surface area (Å²) in [7, 11) is 0. The Bertz CT molecular complexity index is 303. The van der Waals surface area contributed by atoms with E-state index in [1.165, 1.54) is 15.6 Å². The van der Waals surface area contributed by atoms with Gasteiger partial charge in [0, 0.05) is 17.8 Å². The van der Waals surface area contributed by atoms with Crippen molar-refractivity contribution in [1.29, 1.82) is 0 Å². The highest BCUT2D eigenvalue weighted by atomic mass is 32.1. The summed E-state index contributed by atoms with van der Waals surface area (Å²) in [5.41, 5.74) is 6.97. The first-order valence-electron chi connectivity index (χ1n) is 5.70. The number of thiazole rings is 1. The Kier molecular flexibility index (Phi) is 4.74. The third kappa shape index (κ3) is 3.92. The molecule has 1 aromatic rings. The van der Waals surface area contributed by atoms with E-state index >= 15 is 0 Å². The van der Waals surface area contributed by atoms with Crippen molar-refractivity contribution >= 4 is 11.3 Å². The third-order valence-electron chi connectivity index (χ3n) is 2.19. The van der Waals surface area contributed by atoms with Crippen LogP contribution in [0, 0.1) is 11.8 Å². The van der Waals surface area contributed by atoms with E-state index in [1.807, 2.05) is 0 Å². The summed E-state index contributed by atoms with van der Waals surface area (Å²) in [5.74, 6) is 1.33. The summed E-state index contributed by atoms with van der Waals surface area (Å²) in [6.07, 6.45) is 2.14. The summed E-state index contributed by atoms with van der Waals surface area (Å²) in [5, 5.41) is 1.25. The van der Waals surface area contributed by atoms with Gasteiger partial charge in [-0.2, -0.15) is 0 Å². The summed E-state index contributed by atoms with van der Waals surface area (Å²) in [6.45, 7) is 9.54. The van der Waals surface area contributed by atoms with Crippen LogP contribution in [0.5, 0.6) is 0 Å². The molecule has 1 rings (SSSR count). The molecular weight excluding hydrogens is 204 g/mol. The molecule has 1 aromatic heterocycles. The molecule has 0 aliphatic carbocycles. The quantitative estimate of drug-likeness (QED) is 0.838. The van der Waals surface area contributed by atoms with Gasteiger partial charge < -0.3 is 5.73 Å². The molecule has 0 bridgehead atoms. The SMILES string of the molecule is CC(C)Cc1nc(CC(C)C)c(CN)s1. The van der Waals surface area contributed by atoms with E-state index in [-0.39, 0.29) is 0 Å². The molecule has 2 N–H and O–H groups in total. The molecule has 86 valence electrons. The second-order valence-electron chi connectivity index (χ2n) is 4.88. The van der Waals surface area contributed by atoms with Crippen LogP contribution in [0.4, 0.5) is 0 Å². The highest BCUT2D eigenvalue weighted by Gasteiger charge is 2.12. The minimum absolute atomic E-state index is 0.637. The fourth-order valence-corrected chi connectivity index (χ4v) is 2.77. The van der Waals surface area contributed by atoms with Crippen LogP contribution in [0.3, 0.4) is 0 Å². The molecule has 0 saturated heterocycles. The smallest absolute Gasteiger partial charge is 0.0934 e. The maximum Gasteiger partial charge on any atom is 0.0934 e. The number of nitrogens with zero attached hydrogens (tertiary/aromatic N) is 1. The summed E-state index contributed by atoms with van der Waals surface area (Å²) < 4.78 is 0. The Morgan fingerprint density at radius 2 is 1.73 bits per heavy atom. The van der Waals surface area contributed by atoms with Gasteiger partial charge in [-0.15, -0.1) is 11.3 Å². The van der Waals surface area contributed by atoms with Gasteiger partial charge >= 0.3 is 0 Å². The molecule has 0 atom stereocenters. The number of hydrogen-bond donors (Lipinski definition) is 1. The third-order valence-corrected chi connectivity index (χ3v) is 3.33. The van der Waals surface area contributed by atoms with E-state index < -0.39 is 0 Å². The van der Waals surface area contributed by atoms with E-state index in [9.17, 15) is 0 Å². The molecule has 0 aliphatic rings. The monoisotopic (exact) mass is 226 g/mol. The fourth-order valence-electron chi connectivity index (χ4n) is 1.58. The standard InChI is InChI=1S/C12H22N2S/c1-8(2)5-10-11(7-13)15-12(14-10)6-9(3)4/h8-9H,5-7,13H2,1-4H3. The first-order valence-corrected chi connectivity index (χ1v) is 6.52. The van der Waals surface area contributed by atoms with Crippen molar-refractivity contribution in [3.8, 4) is 0 Å². The lowest BCUT2D eigenvalue weighted by atomic mass is 10.1. The number of rotatable bonds is 5. The van der Waals surface area contributed by atoms with Crippen LogP contribution >= 0.6 is 11.3 Å². The molecule has 0 aromatic carbocycles. The van der Waals surface area contributed by atoms with E-state index in [4.69, 9.17) is 10.7 Å². The summed E-state index contributed by atoms with van der Waals surface area (Å²) in [4.78, 5) is 5.98. The molecular formula is C12H22N2S. The zero-order valence-electron chi connectivity index (χ0n) is 10.2. The highest BCUT2D eigenvalue weighted by molar-refractivity contribution is 7.11. The van der Waals surface area contributed by atoms with Crippen molar-refractivity contribution in [3.63, 3.8) is 0 Å². The number of nitrogens with two attached hydrogens (primary N) is 1.